The van der Waals surface area contributed by atoms with Gasteiger partial charge in [0.05, 0.1) is 0 Å². The van der Waals surface area contributed by atoms with Crippen molar-refractivity contribution in [1.82, 2.24) is 0 Å². The lowest BCUT2D eigenvalue weighted by atomic mass is 9.84. The average Bonchev–Trinajstić information content (AvgIpc) is 2.99. The van der Waals surface area contributed by atoms with Crippen molar-refractivity contribution in [3.05, 3.63) is 139 Å². The standard InChI is InChI=1S/C37H24O/c1-2-10-24(11-3-1)36-29-14-6-8-16-31(29)37(32-17-9-7-15-30(32)36)27-18-19-28-23-38-35-22-26-13-5-4-12-25(26)20-34(35)33(28)21-27/h1-22H,23H2. The maximum Gasteiger partial charge on any atom is 0.128 e. The Hall–Kier alpha value is -4.88. The Labute approximate surface area is 221 Å². The minimum absolute atomic E-state index is 0.593. The van der Waals surface area contributed by atoms with Gasteiger partial charge in [-0.25, -0.2) is 0 Å². The molecule has 1 heterocycles. The topological polar surface area (TPSA) is 9.23 Å². The molecule has 0 aromatic heterocycles. The molecule has 1 aliphatic rings. The Morgan fingerprint density at radius 3 is 1.63 bits per heavy atom. The molecule has 0 N–H and O–H groups in total. The van der Waals surface area contributed by atoms with Crippen LogP contribution in [0.2, 0.25) is 0 Å². The van der Waals surface area contributed by atoms with E-state index < -0.39 is 0 Å². The molecule has 0 bridgehead atoms. The summed E-state index contributed by atoms with van der Waals surface area (Å²) in [7, 11) is 0. The Balaban J connectivity index is 1.43. The minimum atomic E-state index is 0.593. The maximum atomic E-state index is 6.21. The summed E-state index contributed by atoms with van der Waals surface area (Å²) in [6.45, 7) is 0.593. The second-order valence-corrected chi connectivity index (χ2v) is 10.1. The first-order valence-electron chi connectivity index (χ1n) is 13.1. The van der Waals surface area contributed by atoms with Crippen LogP contribution >= 0.6 is 0 Å². The highest BCUT2D eigenvalue weighted by atomic mass is 16.5. The first-order valence-corrected chi connectivity index (χ1v) is 13.1. The molecule has 1 nitrogen and oxygen atoms in total. The highest BCUT2D eigenvalue weighted by Gasteiger charge is 2.21. The van der Waals surface area contributed by atoms with E-state index in [1.54, 1.807) is 0 Å². The molecule has 0 saturated heterocycles. The van der Waals surface area contributed by atoms with Gasteiger partial charge in [0, 0.05) is 5.56 Å². The highest BCUT2D eigenvalue weighted by molar-refractivity contribution is 6.21. The molecule has 0 amide bonds. The third kappa shape index (κ3) is 3.19. The lowest BCUT2D eigenvalue weighted by Crippen LogP contribution is -2.05. The molecule has 1 heteroatoms. The molecular formula is C37H24O. The molecule has 7 aromatic carbocycles. The van der Waals surface area contributed by atoms with Crippen LogP contribution in [-0.2, 0) is 6.61 Å². The molecule has 178 valence electrons. The second-order valence-electron chi connectivity index (χ2n) is 10.1. The molecule has 0 aliphatic carbocycles. The number of hydrogen-bond acceptors (Lipinski definition) is 1. The summed E-state index contributed by atoms with van der Waals surface area (Å²) in [5.74, 6) is 0.961. The van der Waals surface area contributed by atoms with Gasteiger partial charge < -0.3 is 4.74 Å². The summed E-state index contributed by atoms with van der Waals surface area (Å²) in [5, 5.41) is 7.54. The number of ether oxygens (including phenoxy) is 1. The predicted octanol–water partition coefficient (Wildman–Crippen LogP) is 10.0. The van der Waals surface area contributed by atoms with Crippen LogP contribution in [0.25, 0.3) is 65.7 Å². The summed E-state index contributed by atoms with van der Waals surface area (Å²) in [5.41, 5.74) is 8.71. The molecule has 0 saturated carbocycles. The van der Waals surface area contributed by atoms with Crippen molar-refractivity contribution < 1.29 is 4.74 Å². The van der Waals surface area contributed by atoms with Crippen molar-refractivity contribution in [2.45, 2.75) is 6.61 Å². The Bertz CT molecular complexity index is 1960. The van der Waals surface area contributed by atoms with E-state index in [1.807, 2.05) is 0 Å². The van der Waals surface area contributed by atoms with E-state index in [0.717, 1.165) is 5.75 Å². The van der Waals surface area contributed by atoms with Gasteiger partial charge in [-0.2, -0.15) is 0 Å². The van der Waals surface area contributed by atoms with E-state index in [1.165, 1.54) is 71.3 Å². The van der Waals surface area contributed by atoms with Crippen molar-refractivity contribution in [1.29, 1.82) is 0 Å². The van der Waals surface area contributed by atoms with Crippen molar-refractivity contribution in [2.75, 3.05) is 0 Å². The molecule has 1 aliphatic heterocycles. The molecule has 7 aromatic rings. The predicted molar refractivity (Wildman–Crippen MR) is 160 cm³/mol. The van der Waals surface area contributed by atoms with Crippen LogP contribution in [0, 0.1) is 0 Å². The molecule has 0 fully saturated rings. The van der Waals surface area contributed by atoms with Gasteiger partial charge in [-0.15, -0.1) is 0 Å². The van der Waals surface area contributed by atoms with Crippen LogP contribution in [-0.4, -0.2) is 0 Å². The first kappa shape index (κ1) is 21.2. The normalized spacial score (nSPS) is 12.3. The minimum Gasteiger partial charge on any atom is -0.488 e. The van der Waals surface area contributed by atoms with E-state index in [2.05, 4.69) is 133 Å². The van der Waals surface area contributed by atoms with Crippen LogP contribution in [0.1, 0.15) is 5.56 Å². The zero-order chi connectivity index (χ0) is 25.1. The number of benzene rings is 7. The molecule has 8 rings (SSSR count). The quantitative estimate of drug-likeness (QED) is 0.222. The molecule has 0 radical (unpaired) electrons. The fourth-order valence-electron chi connectivity index (χ4n) is 6.17. The summed E-state index contributed by atoms with van der Waals surface area (Å²) >= 11 is 0. The summed E-state index contributed by atoms with van der Waals surface area (Å²) < 4.78 is 6.21. The smallest absolute Gasteiger partial charge is 0.128 e. The largest absolute Gasteiger partial charge is 0.488 e. The van der Waals surface area contributed by atoms with Gasteiger partial charge in [0.25, 0.3) is 0 Å². The van der Waals surface area contributed by atoms with Crippen molar-refractivity contribution in [2.24, 2.45) is 0 Å². The zero-order valence-electron chi connectivity index (χ0n) is 20.8. The maximum absolute atomic E-state index is 6.21. The molecular weight excluding hydrogens is 460 g/mol. The highest BCUT2D eigenvalue weighted by Crippen LogP contribution is 2.46. The average molecular weight is 485 g/mol. The Kier molecular flexibility index (Phi) is 4.65. The lowest BCUT2D eigenvalue weighted by Gasteiger charge is -2.23. The van der Waals surface area contributed by atoms with Gasteiger partial charge in [-0.05, 0) is 83.9 Å². The molecule has 0 unspecified atom stereocenters. The first-order chi connectivity index (χ1) is 18.8. The summed E-state index contributed by atoms with van der Waals surface area (Å²) in [4.78, 5) is 0. The van der Waals surface area contributed by atoms with Gasteiger partial charge in [0.2, 0.25) is 0 Å². The monoisotopic (exact) mass is 484 g/mol. The second kappa shape index (κ2) is 8.33. The van der Waals surface area contributed by atoms with Crippen molar-refractivity contribution >= 4 is 32.3 Å². The summed E-state index contributed by atoms with van der Waals surface area (Å²) in [6, 6.07) is 48.3. The molecule has 38 heavy (non-hydrogen) atoms. The van der Waals surface area contributed by atoms with Gasteiger partial charge in [0.15, 0.2) is 0 Å². The molecule has 0 spiro atoms. The Morgan fingerprint density at radius 2 is 0.974 bits per heavy atom. The van der Waals surface area contributed by atoms with Gasteiger partial charge in [-0.3, -0.25) is 0 Å². The van der Waals surface area contributed by atoms with Crippen LogP contribution in [0.5, 0.6) is 5.75 Å². The summed E-state index contributed by atoms with van der Waals surface area (Å²) in [6.07, 6.45) is 0. The molecule has 0 atom stereocenters. The Morgan fingerprint density at radius 1 is 0.421 bits per heavy atom. The van der Waals surface area contributed by atoms with E-state index >= 15 is 0 Å². The van der Waals surface area contributed by atoms with Crippen LogP contribution in [0.15, 0.2) is 133 Å². The fourth-order valence-corrected chi connectivity index (χ4v) is 6.17. The number of rotatable bonds is 2. The zero-order valence-corrected chi connectivity index (χ0v) is 20.8. The van der Waals surface area contributed by atoms with E-state index in [0.29, 0.717) is 6.61 Å². The third-order valence-electron chi connectivity index (χ3n) is 7.91. The van der Waals surface area contributed by atoms with Crippen LogP contribution in [0.3, 0.4) is 0 Å². The van der Waals surface area contributed by atoms with E-state index in [-0.39, 0.29) is 0 Å². The van der Waals surface area contributed by atoms with Crippen molar-refractivity contribution in [3.63, 3.8) is 0 Å². The van der Waals surface area contributed by atoms with E-state index in [9.17, 15) is 0 Å². The SMILES string of the molecule is c1ccc(-c2c3ccccc3c(-c3ccc4c(c3)-c3cc5ccccc5cc3OC4)c3ccccc23)cc1. The van der Waals surface area contributed by atoms with Crippen molar-refractivity contribution in [3.8, 4) is 39.1 Å². The van der Waals surface area contributed by atoms with Gasteiger partial charge in [-0.1, -0.05) is 115 Å². The number of hydrogen-bond donors (Lipinski definition) is 0. The van der Waals surface area contributed by atoms with Crippen LogP contribution in [0.4, 0.5) is 0 Å². The van der Waals surface area contributed by atoms with Gasteiger partial charge in [0.1, 0.15) is 12.4 Å². The number of fused-ring (bicyclic) bond motifs is 6. The lowest BCUT2D eigenvalue weighted by molar-refractivity contribution is 0.303. The van der Waals surface area contributed by atoms with Crippen LogP contribution < -0.4 is 4.74 Å². The fraction of sp³-hybridized carbons (Fsp3) is 0.0270. The van der Waals surface area contributed by atoms with E-state index in [4.69, 9.17) is 4.74 Å². The third-order valence-corrected chi connectivity index (χ3v) is 7.91. The van der Waals surface area contributed by atoms with Gasteiger partial charge >= 0.3 is 0 Å².